The third-order valence-corrected chi connectivity index (χ3v) is 5.55. The van der Waals surface area contributed by atoms with Crippen molar-refractivity contribution in [2.24, 2.45) is 0 Å². The molecule has 8 heteroatoms. The van der Waals surface area contributed by atoms with Gasteiger partial charge in [-0.25, -0.2) is 0 Å². The quantitative estimate of drug-likeness (QED) is 0.564. The molecule has 146 valence electrons. The Hall–Kier alpha value is -2.38. The predicted octanol–water partition coefficient (Wildman–Crippen LogP) is 3.93. The zero-order valence-electron chi connectivity index (χ0n) is 15.7. The summed E-state index contributed by atoms with van der Waals surface area (Å²) in [6, 6.07) is 17.6. The van der Waals surface area contributed by atoms with Gasteiger partial charge in [0.1, 0.15) is 0 Å². The summed E-state index contributed by atoms with van der Waals surface area (Å²) in [5.41, 5.74) is 2.06. The van der Waals surface area contributed by atoms with Crippen molar-refractivity contribution < 1.29 is 4.79 Å². The van der Waals surface area contributed by atoms with Crippen LogP contribution in [0.2, 0.25) is 5.02 Å². The van der Waals surface area contributed by atoms with Crippen LogP contribution in [0, 0.1) is 0 Å². The average molecular weight is 416 g/mol. The number of carbonyl (C=O) groups is 1. The zero-order valence-corrected chi connectivity index (χ0v) is 17.3. The maximum absolute atomic E-state index is 12.6. The summed E-state index contributed by atoms with van der Waals surface area (Å²) in [6.07, 6.45) is 1.81. The molecule has 0 fully saturated rings. The number of thioether (sulfide) groups is 1. The molecule has 1 aromatic heterocycles. The summed E-state index contributed by atoms with van der Waals surface area (Å²) >= 11 is 7.26. The molecule has 0 aliphatic heterocycles. The van der Waals surface area contributed by atoms with E-state index in [9.17, 15) is 4.79 Å². The highest BCUT2D eigenvalue weighted by Gasteiger charge is 2.20. The number of carbonyl (C=O) groups excluding carboxylic acids is 1. The number of aromatic nitrogens is 4. The van der Waals surface area contributed by atoms with E-state index in [-0.39, 0.29) is 17.2 Å². The van der Waals surface area contributed by atoms with Gasteiger partial charge in [0.25, 0.3) is 0 Å². The summed E-state index contributed by atoms with van der Waals surface area (Å²) in [7, 11) is 0. The van der Waals surface area contributed by atoms with Crippen molar-refractivity contribution in [2.75, 3.05) is 0 Å². The third-order valence-electron chi connectivity index (χ3n) is 4.26. The van der Waals surface area contributed by atoms with Crippen molar-refractivity contribution in [3.63, 3.8) is 0 Å². The minimum Gasteiger partial charge on any atom is -0.353 e. The number of benzene rings is 2. The zero-order chi connectivity index (χ0) is 19.9. The average Bonchev–Trinajstić information content (AvgIpc) is 3.16. The number of nitrogens with one attached hydrogen (secondary N) is 1. The Labute approximate surface area is 173 Å². The van der Waals surface area contributed by atoms with Crippen molar-refractivity contribution in [1.82, 2.24) is 25.5 Å². The normalized spacial score (nSPS) is 13.1. The molecular formula is C20H22ClN5OS. The summed E-state index contributed by atoms with van der Waals surface area (Å²) in [5, 5.41) is 15.7. The van der Waals surface area contributed by atoms with Gasteiger partial charge in [0.2, 0.25) is 11.1 Å². The fraction of sp³-hybridized carbons (Fsp3) is 0.300. The van der Waals surface area contributed by atoms with Crippen LogP contribution in [0.3, 0.4) is 0 Å². The molecule has 0 saturated carbocycles. The van der Waals surface area contributed by atoms with E-state index in [1.54, 1.807) is 16.8 Å². The Balaban J connectivity index is 1.54. The topological polar surface area (TPSA) is 72.7 Å². The first-order chi connectivity index (χ1) is 13.5. The summed E-state index contributed by atoms with van der Waals surface area (Å²) < 4.78 is 1.60. The second-order valence-electron chi connectivity index (χ2n) is 6.54. The van der Waals surface area contributed by atoms with Crippen LogP contribution in [0.4, 0.5) is 0 Å². The van der Waals surface area contributed by atoms with Gasteiger partial charge in [-0.15, -0.1) is 5.10 Å². The molecule has 2 atom stereocenters. The van der Waals surface area contributed by atoms with Gasteiger partial charge < -0.3 is 5.32 Å². The molecule has 0 unspecified atom stereocenters. The SMILES string of the molecule is C[C@H](CCc1ccccc1)NC(=O)[C@H](C)Sc1nnnn1-c1ccc(Cl)cc1. The Morgan fingerprint density at radius 1 is 1.14 bits per heavy atom. The van der Waals surface area contributed by atoms with Gasteiger partial charge in [0, 0.05) is 11.1 Å². The molecule has 0 spiro atoms. The number of amides is 1. The van der Waals surface area contributed by atoms with Crippen LogP contribution in [0.15, 0.2) is 59.8 Å². The monoisotopic (exact) mass is 415 g/mol. The number of tetrazole rings is 1. The van der Waals surface area contributed by atoms with Gasteiger partial charge in [0.05, 0.1) is 10.9 Å². The fourth-order valence-electron chi connectivity index (χ4n) is 2.67. The molecule has 2 aromatic carbocycles. The van der Waals surface area contributed by atoms with Crippen molar-refractivity contribution in [2.45, 2.75) is 43.1 Å². The maximum atomic E-state index is 12.6. The Morgan fingerprint density at radius 2 is 1.86 bits per heavy atom. The van der Waals surface area contributed by atoms with E-state index in [0.29, 0.717) is 10.2 Å². The van der Waals surface area contributed by atoms with Gasteiger partial charge in [-0.05, 0) is 66.9 Å². The number of nitrogens with zero attached hydrogens (tertiary/aromatic N) is 4. The molecule has 1 N–H and O–H groups in total. The first-order valence-electron chi connectivity index (χ1n) is 9.08. The summed E-state index contributed by atoms with van der Waals surface area (Å²) in [5.74, 6) is -0.0313. The maximum Gasteiger partial charge on any atom is 0.233 e. The first kappa shape index (κ1) is 20.4. The molecule has 0 radical (unpaired) electrons. The highest BCUT2D eigenvalue weighted by Crippen LogP contribution is 2.23. The highest BCUT2D eigenvalue weighted by molar-refractivity contribution is 8.00. The van der Waals surface area contributed by atoms with E-state index in [4.69, 9.17) is 11.6 Å². The van der Waals surface area contributed by atoms with E-state index in [0.717, 1.165) is 18.5 Å². The number of hydrogen-bond acceptors (Lipinski definition) is 5. The lowest BCUT2D eigenvalue weighted by Gasteiger charge is -2.17. The van der Waals surface area contributed by atoms with Crippen molar-refractivity contribution in [1.29, 1.82) is 0 Å². The van der Waals surface area contributed by atoms with Crippen LogP contribution in [0.25, 0.3) is 5.69 Å². The molecule has 1 amide bonds. The standard InChI is InChI=1S/C20H22ClN5OS/c1-14(8-9-16-6-4-3-5-7-16)22-19(27)15(2)28-20-23-24-25-26(20)18-12-10-17(21)11-13-18/h3-7,10-15H,8-9H2,1-2H3,(H,22,27)/t14-,15+/m1/s1. The fourth-order valence-corrected chi connectivity index (χ4v) is 3.61. The molecule has 0 aliphatic rings. The molecule has 6 nitrogen and oxygen atoms in total. The molecule has 3 aromatic rings. The van der Waals surface area contributed by atoms with E-state index in [2.05, 4.69) is 33.0 Å². The van der Waals surface area contributed by atoms with Crippen LogP contribution in [-0.2, 0) is 11.2 Å². The van der Waals surface area contributed by atoms with Crippen LogP contribution >= 0.6 is 23.4 Å². The minimum absolute atomic E-state index is 0.0313. The lowest BCUT2D eigenvalue weighted by Crippen LogP contribution is -2.38. The second-order valence-corrected chi connectivity index (χ2v) is 8.29. The van der Waals surface area contributed by atoms with E-state index in [1.165, 1.54) is 17.3 Å². The number of rotatable bonds is 8. The van der Waals surface area contributed by atoms with Gasteiger partial charge >= 0.3 is 0 Å². The van der Waals surface area contributed by atoms with Crippen molar-refractivity contribution in [3.05, 3.63) is 65.2 Å². The van der Waals surface area contributed by atoms with Crippen LogP contribution in [0.1, 0.15) is 25.8 Å². The van der Waals surface area contributed by atoms with Gasteiger partial charge in [-0.3, -0.25) is 4.79 Å². The first-order valence-corrected chi connectivity index (χ1v) is 10.3. The minimum atomic E-state index is -0.323. The van der Waals surface area contributed by atoms with Crippen LogP contribution < -0.4 is 5.32 Å². The smallest absolute Gasteiger partial charge is 0.233 e. The van der Waals surface area contributed by atoms with E-state index >= 15 is 0 Å². The third kappa shape index (κ3) is 5.56. The summed E-state index contributed by atoms with van der Waals surface area (Å²) in [6.45, 7) is 3.88. The number of halogens is 1. The Kier molecular flexibility index (Phi) is 7.06. The van der Waals surface area contributed by atoms with Gasteiger partial charge in [0.15, 0.2) is 0 Å². The predicted molar refractivity (Wildman–Crippen MR) is 112 cm³/mol. The molecule has 1 heterocycles. The second kappa shape index (κ2) is 9.71. The Morgan fingerprint density at radius 3 is 2.57 bits per heavy atom. The van der Waals surface area contributed by atoms with Crippen LogP contribution in [0.5, 0.6) is 0 Å². The largest absolute Gasteiger partial charge is 0.353 e. The number of aryl methyl sites for hydroxylation is 1. The molecular weight excluding hydrogens is 394 g/mol. The molecule has 3 rings (SSSR count). The van der Waals surface area contributed by atoms with E-state index < -0.39 is 0 Å². The van der Waals surface area contributed by atoms with Crippen molar-refractivity contribution in [3.8, 4) is 5.69 Å². The highest BCUT2D eigenvalue weighted by atomic mass is 35.5. The lowest BCUT2D eigenvalue weighted by molar-refractivity contribution is -0.120. The summed E-state index contributed by atoms with van der Waals surface area (Å²) in [4.78, 5) is 12.6. The van der Waals surface area contributed by atoms with E-state index in [1.807, 2.05) is 44.2 Å². The Bertz CT molecular complexity index is 900. The van der Waals surface area contributed by atoms with Gasteiger partial charge in [-0.2, -0.15) is 4.68 Å². The molecule has 28 heavy (non-hydrogen) atoms. The molecule has 0 aliphatic carbocycles. The van der Waals surface area contributed by atoms with Crippen LogP contribution in [-0.4, -0.2) is 37.4 Å². The number of hydrogen-bond donors (Lipinski definition) is 1. The van der Waals surface area contributed by atoms with Gasteiger partial charge in [-0.1, -0.05) is 53.7 Å². The lowest BCUT2D eigenvalue weighted by atomic mass is 10.1. The molecule has 0 bridgehead atoms. The molecule has 0 saturated heterocycles. The van der Waals surface area contributed by atoms with Crippen molar-refractivity contribution >= 4 is 29.3 Å².